The third-order valence-electron chi connectivity index (χ3n) is 1.80. The molecule has 1 heterocycles. The molecule has 0 aromatic carbocycles. The van der Waals surface area contributed by atoms with Crippen molar-refractivity contribution in [1.29, 1.82) is 5.26 Å². The lowest BCUT2D eigenvalue weighted by atomic mass is 10.1. The number of aromatic nitrogens is 1. The number of hydrogen-bond donors (Lipinski definition) is 3. The van der Waals surface area contributed by atoms with E-state index in [-0.39, 0.29) is 0 Å². The van der Waals surface area contributed by atoms with Gasteiger partial charge in [0, 0.05) is 12.7 Å². The summed E-state index contributed by atoms with van der Waals surface area (Å²) >= 11 is 0. The predicted octanol–water partition coefficient (Wildman–Crippen LogP) is 0.718. The van der Waals surface area contributed by atoms with Gasteiger partial charge in [0.15, 0.2) is 5.82 Å². The molecule has 0 spiro atoms. The standard InChI is InChI=1S/C10H14N4O/c1-10(2,15)6-14-9-8(12)7(5-11)3-4-13-9/h3-4,15H,6,12H2,1-2H3,(H,13,14). The SMILES string of the molecule is CC(C)(O)CNc1nccc(C#N)c1N. The number of nitrogens with two attached hydrogens (primary N) is 1. The van der Waals surface area contributed by atoms with E-state index < -0.39 is 5.60 Å². The summed E-state index contributed by atoms with van der Waals surface area (Å²) in [6.07, 6.45) is 1.50. The normalized spacial score (nSPS) is 10.8. The van der Waals surface area contributed by atoms with Crippen LogP contribution in [-0.4, -0.2) is 22.2 Å². The first-order valence-corrected chi connectivity index (χ1v) is 4.55. The van der Waals surface area contributed by atoms with Crippen molar-refractivity contribution >= 4 is 11.5 Å². The van der Waals surface area contributed by atoms with Crippen molar-refractivity contribution in [3.63, 3.8) is 0 Å². The summed E-state index contributed by atoms with van der Waals surface area (Å²) in [7, 11) is 0. The average Bonchev–Trinajstić information content (AvgIpc) is 2.15. The minimum atomic E-state index is -0.850. The van der Waals surface area contributed by atoms with Gasteiger partial charge in [-0.25, -0.2) is 4.98 Å². The zero-order valence-corrected chi connectivity index (χ0v) is 8.78. The van der Waals surface area contributed by atoms with Gasteiger partial charge in [0.05, 0.1) is 16.9 Å². The highest BCUT2D eigenvalue weighted by molar-refractivity contribution is 5.68. The van der Waals surface area contributed by atoms with Crippen LogP contribution in [-0.2, 0) is 0 Å². The summed E-state index contributed by atoms with van der Waals surface area (Å²) in [4.78, 5) is 3.99. The molecule has 5 heteroatoms. The van der Waals surface area contributed by atoms with E-state index in [1.54, 1.807) is 19.9 Å². The monoisotopic (exact) mass is 206 g/mol. The molecule has 0 saturated carbocycles. The highest BCUT2D eigenvalue weighted by atomic mass is 16.3. The van der Waals surface area contributed by atoms with E-state index in [0.29, 0.717) is 23.6 Å². The lowest BCUT2D eigenvalue weighted by Gasteiger charge is -2.18. The van der Waals surface area contributed by atoms with Crippen LogP contribution in [0.2, 0.25) is 0 Å². The van der Waals surface area contributed by atoms with Crippen LogP contribution < -0.4 is 11.1 Å². The first-order valence-electron chi connectivity index (χ1n) is 4.55. The molecule has 0 bridgehead atoms. The van der Waals surface area contributed by atoms with Crippen LogP contribution in [0, 0.1) is 11.3 Å². The van der Waals surface area contributed by atoms with Crippen LogP contribution in [0.1, 0.15) is 19.4 Å². The number of anilines is 2. The van der Waals surface area contributed by atoms with Crippen molar-refractivity contribution in [3.8, 4) is 6.07 Å². The molecule has 1 aromatic rings. The molecule has 0 saturated heterocycles. The molecule has 0 aliphatic heterocycles. The molecule has 0 amide bonds. The van der Waals surface area contributed by atoms with E-state index in [9.17, 15) is 5.11 Å². The zero-order chi connectivity index (χ0) is 11.5. The summed E-state index contributed by atoms with van der Waals surface area (Å²) < 4.78 is 0. The van der Waals surface area contributed by atoms with Gasteiger partial charge < -0.3 is 16.2 Å². The summed E-state index contributed by atoms with van der Waals surface area (Å²) in [5, 5.41) is 21.1. The van der Waals surface area contributed by atoms with Gasteiger partial charge in [0.1, 0.15) is 6.07 Å². The Morgan fingerprint density at radius 2 is 2.33 bits per heavy atom. The molecule has 0 aliphatic carbocycles. The van der Waals surface area contributed by atoms with Crippen LogP contribution in [0.15, 0.2) is 12.3 Å². The number of nitrogens with zero attached hydrogens (tertiary/aromatic N) is 2. The smallest absolute Gasteiger partial charge is 0.150 e. The fourth-order valence-corrected chi connectivity index (χ4v) is 1.01. The molecule has 0 fully saturated rings. The van der Waals surface area contributed by atoms with E-state index in [2.05, 4.69) is 10.3 Å². The molecular weight excluding hydrogens is 192 g/mol. The van der Waals surface area contributed by atoms with E-state index in [1.165, 1.54) is 6.20 Å². The van der Waals surface area contributed by atoms with Gasteiger partial charge in [-0.05, 0) is 19.9 Å². The number of pyridine rings is 1. The Bertz CT molecular complexity index is 389. The number of rotatable bonds is 3. The fourth-order valence-electron chi connectivity index (χ4n) is 1.01. The van der Waals surface area contributed by atoms with Crippen LogP contribution >= 0.6 is 0 Å². The van der Waals surface area contributed by atoms with E-state index in [0.717, 1.165) is 0 Å². The molecule has 0 atom stereocenters. The Kier molecular flexibility index (Phi) is 3.12. The van der Waals surface area contributed by atoms with Crippen LogP contribution in [0.3, 0.4) is 0 Å². The first kappa shape index (κ1) is 11.3. The third-order valence-corrected chi connectivity index (χ3v) is 1.80. The van der Waals surface area contributed by atoms with Gasteiger partial charge >= 0.3 is 0 Å². The van der Waals surface area contributed by atoms with Crippen molar-refractivity contribution in [1.82, 2.24) is 4.98 Å². The maximum absolute atomic E-state index is 9.50. The molecule has 4 N–H and O–H groups in total. The highest BCUT2D eigenvalue weighted by Gasteiger charge is 2.13. The molecule has 1 rings (SSSR count). The molecule has 15 heavy (non-hydrogen) atoms. The topological polar surface area (TPSA) is 95.0 Å². The van der Waals surface area contributed by atoms with Crippen molar-refractivity contribution in [2.75, 3.05) is 17.6 Å². The molecule has 0 unspecified atom stereocenters. The second kappa shape index (κ2) is 4.15. The summed E-state index contributed by atoms with van der Waals surface area (Å²) in [5.41, 5.74) is 5.53. The van der Waals surface area contributed by atoms with E-state index in [4.69, 9.17) is 11.0 Å². The quantitative estimate of drug-likeness (QED) is 0.677. The van der Waals surface area contributed by atoms with Crippen LogP contribution in [0.5, 0.6) is 0 Å². The second-order valence-corrected chi connectivity index (χ2v) is 3.90. The summed E-state index contributed by atoms with van der Waals surface area (Å²) in [6, 6.07) is 3.51. The van der Waals surface area contributed by atoms with Gasteiger partial charge in [-0.1, -0.05) is 0 Å². The zero-order valence-electron chi connectivity index (χ0n) is 8.78. The third kappa shape index (κ3) is 3.11. The van der Waals surface area contributed by atoms with Crippen molar-refractivity contribution in [2.24, 2.45) is 0 Å². The molecule has 0 radical (unpaired) electrons. The Morgan fingerprint density at radius 3 is 2.87 bits per heavy atom. The lowest BCUT2D eigenvalue weighted by Crippen LogP contribution is -2.29. The molecular formula is C10H14N4O. The number of aliphatic hydroxyl groups is 1. The van der Waals surface area contributed by atoms with E-state index in [1.807, 2.05) is 6.07 Å². The maximum atomic E-state index is 9.50. The van der Waals surface area contributed by atoms with Gasteiger partial charge in [-0.3, -0.25) is 0 Å². The van der Waals surface area contributed by atoms with Crippen LogP contribution in [0.25, 0.3) is 0 Å². The summed E-state index contributed by atoms with van der Waals surface area (Å²) in [6.45, 7) is 3.66. The molecule has 5 nitrogen and oxygen atoms in total. The maximum Gasteiger partial charge on any atom is 0.150 e. The van der Waals surface area contributed by atoms with Gasteiger partial charge in [0.25, 0.3) is 0 Å². The second-order valence-electron chi connectivity index (χ2n) is 3.90. The number of nitriles is 1. The Morgan fingerprint density at radius 1 is 1.67 bits per heavy atom. The number of hydrogen-bond acceptors (Lipinski definition) is 5. The molecule has 0 aliphatic rings. The minimum absolute atomic E-state index is 0.309. The van der Waals surface area contributed by atoms with Crippen molar-refractivity contribution in [2.45, 2.75) is 19.4 Å². The Labute approximate surface area is 88.6 Å². The van der Waals surface area contributed by atoms with E-state index >= 15 is 0 Å². The minimum Gasteiger partial charge on any atom is -0.395 e. The largest absolute Gasteiger partial charge is 0.395 e. The first-order chi connectivity index (χ1) is 6.94. The lowest BCUT2D eigenvalue weighted by molar-refractivity contribution is 0.0944. The molecule has 1 aromatic heterocycles. The number of nitrogens with one attached hydrogen (secondary N) is 1. The predicted molar refractivity (Wildman–Crippen MR) is 58.2 cm³/mol. The van der Waals surface area contributed by atoms with Gasteiger partial charge in [-0.15, -0.1) is 0 Å². The van der Waals surface area contributed by atoms with Crippen molar-refractivity contribution in [3.05, 3.63) is 17.8 Å². The Hall–Kier alpha value is -1.80. The molecule has 80 valence electrons. The summed E-state index contributed by atoms with van der Waals surface area (Å²) in [5.74, 6) is 0.427. The van der Waals surface area contributed by atoms with Crippen molar-refractivity contribution < 1.29 is 5.11 Å². The Balaban J connectivity index is 2.83. The number of nitrogen functional groups attached to an aromatic ring is 1. The van der Waals surface area contributed by atoms with Gasteiger partial charge in [0.2, 0.25) is 0 Å². The van der Waals surface area contributed by atoms with Gasteiger partial charge in [-0.2, -0.15) is 5.26 Å². The van der Waals surface area contributed by atoms with Crippen LogP contribution in [0.4, 0.5) is 11.5 Å². The average molecular weight is 206 g/mol. The highest BCUT2D eigenvalue weighted by Crippen LogP contribution is 2.19. The fraction of sp³-hybridized carbons (Fsp3) is 0.400.